The lowest BCUT2D eigenvalue weighted by Gasteiger charge is -2.57. The van der Waals surface area contributed by atoms with Crippen LogP contribution < -0.4 is 9.64 Å². The molecule has 0 spiro atoms. The van der Waals surface area contributed by atoms with E-state index in [1.165, 1.54) is 12.1 Å². The molecule has 1 amide bonds. The van der Waals surface area contributed by atoms with E-state index in [-0.39, 0.29) is 23.8 Å². The van der Waals surface area contributed by atoms with Gasteiger partial charge in [-0.25, -0.2) is 13.9 Å². The van der Waals surface area contributed by atoms with Crippen LogP contribution in [0.15, 0.2) is 61.1 Å². The number of rotatable bonds is 7. The number of aromatic nitrogens is 3. The number of carbonyl (C=O) groups is 1. The molecule has 3 unspecified atom stereocenters. The van der Waals surface area contributed by atoms with E-state index in [0.29, 0.717) is 36.5 Å². The fourth-order valence-corrected chi connectivity index (χ4v) is 5.98. The van der Waals surface area contributed by atoms with Gasteiger partial charge in [0.2, 0.25) is 5.91 Å². The molecule has 3 atom stereocenters. The van der Waals surface area contributed by atoms with Crippen LogP contribution in [0.5, 0.6) is 5.75 Å². The van der Waals surface area contributed by atoms with Crippen molar-refractivity contribution in [2.45, 2.75) is 31.5 Å². The summed E-state index contributed by atoms with van der Waals surface area (Å²) in [7, 11) is 3.75. The number of carbonyl (C=O) groups excluding carboxylic acids is 1. The summed E-state index contributed by atoms with van der Waals surface area (Å²) >= 11 is 0. The zero-order valence-electron chi connectivity index (χ0n) is 22.7. The lowest BCUT2D eigenvalue weighted by molar-refractivity contribution is -0.151. The molecule has 3 saturated heterocycles. The summed E-state index contributed by atoms with van der Waals surface area (Å²) in [4.78, 5) is 24.5. The van der Waals surface area contributed by atoms with Crippen molar-refractivity contribution in [3.63, 3.8) is 0 Å². The Balaban J connectivity index is 1.21. The number of nitrogens with zero attached hydrogens (tertiary/aromatic N) is 7. The molecule has 3 aromatic heterocycles. The third-order valence-electron chi connectivity index (χ3n) is 7.78. The van der Waals surface area contributed by atoms with Crippen LogP contribution in [0.25, 0.3) is 16.6 Å². The van der Waals surface area contributed by atoms with Gasteiger partial charge in [-0.2, -0.15) is 10.4 Å². The van der Waals surface area contributed by atoms with Crippen molar-refractivity contribution in [3.05, 3.63) is 78.0 Å². The molecule has 3 fully saturated rings. The van der Waals surface area contributed by atoms with E-state index < -0.39 is 6.04 Å². The zero-order chi connectivity index (χ0) is 28.0. The van der Waals surface area contributed by atoms with E-state index in [9.17, 15) is 14.4 Å². The van der Waals surface area contributed by atoms with Gasteiger partial charge in [-0.15, -0.1) is 0 Å². The Kier molecular flexibility index (Phi) is 6.60. The second-order valence-corrected chi connectivity index (χ2v) is 10.5. The fraction of sp³-hybridized carbons (Fsp3) is 0.333. The molecule has 3 aliphatic rings. The Labute approximate surface area is 232 Å². The van der Waals surface area contributed by atoms with E-state index in [1.807, 2.05) is 55.2 Å². The van der Waals surface area contributed by atoms with Crippen LogP contribution >= 0.6 is 0 Å². The number of piperazine rings is 1. The maximum Gasteiger partial charge on any atom is 0.245 e. The van der Waals surface area contributed by atoms with Crippen molar-refractivity contribution in [1.29, 1.82) is 5.26 Å². The lowest BCUT2D eigenvalue weighted by Crippen LogP contribution is -2.71. The van der Waals surface area contributed by atoms with Crippen LogP contribution in [0.2, 0.25) is 0 Å². The first-order valence-electron chi connectivity index (χ1n) is 13.4. The van der Waals surface area contributed by atoms with Gasteiger partial charge in [0.15, 0.2) is 0 Å². The molecule has 10 heteroatoms. The van der Waals surface area contributed by atoms with E-state index in [0.717, 1.165) is 28.9 Å². The number of ether oxygens (including phenoxy) is 1. The summed E-state index contributed by atoms with van der Waals surface area (Å²) in [5, 5.41) is 13.9. The lowest BCUT2D eigenvalue weighted by atomic mass is 9.85. The quantitative estimate of drug-likeness (QED) is 0.352. The Morgan fingerprint density at radius 1 is 1.18 bits per heavy atom. The Morgan fingerprint density at radius 2 is 1.93 bits per heavy atom. The molecule has 204 valence electrons. The fourth-order valence-electron chi connectivity index (χ4n) is 5.98. The SMILES string of the molecule is CCOc1cc(-c2ccc(N3CC4CC(C3)N4C(=O)C(c3ccc(F)cc3)N(C)C)nc2)c2c(C#N)cnn2c1. The third kappa shape index (κ3) is 4.42. The molecule has 1 aromatic carbocycles. The molecule has 0 saturated carbocycles. The van der Waals surface area contributed by atoms with Gasteiger partial charge < -0.3 is 14.5 Å². The molecule has 0 aliphatic carbocycles. The van der Waals surface area contributed by atoms with Gasteiger partial charge in [0.25, 0.3) is 0 Å². The smallest absolute Gasteiger partial charge is 0.245 e. The molecule has 3 aliphatic heterocycles. The highest BCUT2D eigenvalue weighted by Crippen LogP contribution is 2.38. The van der Waals surface area contributed by atoms with Gasteiger partial charge in [-0.05, 0) is 63.3 Å². The Bertz CT molecular complexity index is 1580. The number of anilines is 1. The van der Waals surface area contributed by atoms with Crippen molar-refractivity contribution >= 4 is 17.2 Å². The highest BCUT2D eigenvalue weighted by atomic mass is 19.1. The maximum absolute atomic E-state index is 13.6. The van der Waals surface area contributed by atoms with Gasteiger partial charge in [-0.1, -0.05) is 12.1 Å². The van der Waals surface area contributed by atoms with Gasteiger partial charge in [-0.3, -0.25) is 9.69 Å². The summed E-state index contributed by atoms with van der Waals surface area (Å²) in [5.41, 5.74) is 3.67. The molecule has 6 heterocycles. The third-order valence-corrected chi connectivity index (χ3v) is 7.78. The number of benzene rings is 1. The van der Waals surface area contributed by atoms with Crippen molar-refractivity contribution in [1.82, 2.24) is 24.4 Å². The molecule has 4 aromatic rings. The predicted molar refractivity (Wildman–Crippen MR) is 148 cm³/mol. The van der Waals surface area contributed by atoms with Gasteiger partial charge >= 0.3 is 0 Å². The van der Waals surface area contributed by atoms with E-state index >= 15 is 0 Å². The Morgan fingerprint density at radius 3 is 2.55 bits per heavy atom. The topological polar surface area (TPSA) is 90.0 Å². The monoisotopic (exact) mass is 539 g/mol. The second-order valence-electron chi connectivity index (χ2n) is 10.5. The van der Waals surface area contributed by atoms with Crippen molar-refractivity contribution in [3.8, 4) is 22.9 Å². The summed E-state index contributed by atoms with van der Waals surface area (Å²) in [6.07, 6.45) is 6.11. The minimum absolute atomic E-state index is 0.0492. The van der Waals surface area contributed by atoms with Crippen molar-refractivity contribution in [2.24, 2.45) is 0 Å². The van der Waals surface area contributed by atoms with Crippen LogP contribution in [0.1, 0.15) is 30.5 Å². The number of hydrogen-bond donors (Lipinski definition) is 0. The molecular weight excluding hydrogens is 509 g/mol. The normalized spacial score (nSPS) is 18.9. The van der Waals surface area contributed by atoms with Crippen LogP contribution in [0.3, 0.4) is 0 Å². The minimum Gasteiger partial charge on any atom is -0.492 e. The number of amides is 1. The number of nitriles is 1. The Hall–Kier alpha value is -4.49. The molecule has 2 bridgehead atoms. The first-order chi connectivity index (χ1) is 19.4. The predicted octanol–water partition coefficient (Wildman–Crippen LogP) is 3.90. The zero-order valence-corrected chi connectivity index (χ0v) is 22.7. The number of pyridine rings is 2. The maximum atomic E-state index is 13.6. The van der Waals surface area contributed by atoms with Crippen LogP contribution in [-0.4, -0.2) is 76.2 Å². The first-order valence-corrected chi connectivity index (χ1v) is 13.4. The van der Waals surface area contributed by atoms with Crippen molar-refractivity contribution < 1.29 is 13.9 Å². The average Bonchev–Trinajstić information content (AvgIpc) is 3.37. The van der Waals surface area contributed by atoms with Crippen molar-refractivity contribution in [2.75, 3.05) is 38.7 Å². The summed E-state index contributed by atoms with van der Waals surface area (Å²) < 4.78 is 20.9. The van der Waals surface area contributed by atoms with Gasteiger partial charge in [0.1, 0.15) is 29.5 Å². The standard InChI is InChI=1S/C30H30FN7O2/c1-4-40-25-12-26(28-21(13-32)15-34-37(28)18-25)20-7-10-27(33-14-20)36-16-23-11-24(17-36)38(23)30(39)29(35(2)3)19-5-8-22(31)9-6-19/h5-10,12,14-15,18,23-24,29H,4,11,16-17H2,1-3H3. The largest absolute Gasteiger partial charge is 0.492 e. The summed E-state index contributed by atoms with van der Waals surface area (Å²) in [6, 6.07) is 14.0. The summed E-state index contributed by atoms with van der Waals surface area (Å²) in [5.74, 6) is 1.25. The molecule has 0 N–H and O–H groups in total. The highest BCUT2D eigenvalue weighted by molar-refractivity contribution is 5.86. The van der Waals surface area contributed by atoms with E-state index in [1.54, 1.807) is 29.0 Å². The highest BCUT2D eigenvalue weighted by Gasteiger charge is 2.49. The molecular formula is C30H30FN7O2. The molecule has 9 nitrogen and oxygen atoms in total. The van der Waals surface area contributed by atoms with Crippen LogP contribution in [0.4, 0.5) is 10.2 Å². The number of piperidine rings is 1. The first kappa shape index (κ1) is 25.8. The van der Waals surface area contributed by atoms with Crippen LogP contribution in [0, 0.1) is 17.1 Å². The number of fused-ring (bicyclic) bond motifs is 3. The summed E-state index contributed by atoms with van der Waals surface area (Å²) in [6.45, 7) is 3.84. The second kappa shape index (κ2) is 10.2. The van der Waals surface area contributed by atoms with Gasteiger partial charge in [0.05, 0.1) is 42.2 Å². The number of halogens is 1. The van der Waals surface area contributed by atoms with Gasteiger partial charge in [0, 0.05) is 30.4 Å². The van der Waals surface area contributed by atoms with E-state index in [2.05, 4.69) is 16.1 Å². The van der Waals surface area contributed by atoms with E-state index in [4.69, 9.17) is 9.72 Å². The number of hydrogen-bond acceptors (Lipinski definition) is 7. The van der Waals surface area contributed by atoms with Crippen LogP contribution in [-0.2, 0) is 4.79 Å². The number of likely N-dealkylation sites (N-methyl/N-ethyl adjacent to an activating group) is 1. The molecule has 0 radical (unpaired) electrons. The minimum atomic E-state index is -0.457. The average molecular weight is 540 g/mol. The molecule has 40 heavy (non-hydrogen) atoms. The molecule has 7 rings (SSSR count).